The zero-order valence-electron chi connectivity index (χ0n) is 15.0. The molecule has 3 rings (SSSR count). The molecule has 0 aliphatic carbocycles. The molecule has 0 aliphatic heterocycles. The summed E-state index contributed by atoms with van der Waals surface area (Å²) in [5.41, 5.74) is 0.300. The van der Waals surface area contributed by atoms with Crippen molar-refractivity contribution in [1.29, 1.82) is 0 Å². The summed E-state index contributed by atoms with van der Waals surface area (Å²) >= 11 is 7.12. The van der Waals surface area contributed by atoms with Crippen LogP contribution in [0.15, 0.2) is 65.1 Å². The molecule has 0 fully saturated rings. The lowest BCUT2D eigenvalue weighted by atomic mass is 10.2. The van der Waals surface area contributed by atoms with E-state index in [0.29, 0.717) is 21.1 Å². The number of hydrogen-bond acceptors (Lipinski definition) is 4. The topological polar surface area (TPSA) is 64.0 Å². The molecular formula is C20H17ClFN3O2S. The van der Waals surface area contributed by atoms with Crippen LogP contribution in [0.5, 0.6) is 0 Å². The number of carbonyl (C=O) groups excluding carboxylic acids is 1. The molecule has 144 valence electrons. The van der Waals surface area contributed by atoms with Crippen LogP contribution >= 0.6 is 23.4 Å². The number of nitrogens with zero attached hydrogens (tertiary/aromatic N) is 2. The van der Waals surface area contributed by atoms with Gasteiger partial charge in [0.05, 0.1) is 21.8 Å². The zero-order chi connectivity index (χ0) is 20.3. The van der Waals surface area contributed by atoms with Gasteiger partial charge in [0, 0.05) is 11.6 Å². The number of nitrogens with one attached hydrogen (secondary N) is 1. The lowest BCUT2D eigenvalue weighted by molar-refractivity contribution is -0.115. The van der Waals surface area contributed by atoms with Gasteiger partial charge in [0.2, 0.25) is 5.91 Å². The van der Waals surface area contributed by atoms with Crippen LogP contribution in [0.25, 0.3) is 10.9 Å². The van der Waals surface area contributed by atoms with Crippen LogP contribution in [-0.2, 0) is 11.3 Å². The molecule has 0 saturated heterocycles. The van der Waals surface area contributed by atoms with Crippen molar-refractivity contribution in [2.75, 3.05) is 5.32 Å². The van der Waals surface area contributed by atoms with Gasteiger partial charge in [0.15, 0.2) is 5.16 Å². The normalized spacial score (nSPS) is 12.0. The van der Waals surface area contributed by atoms with Gasteiger partial charge in [-0.15, -0.1) is 6.58 Å². The summed E-state index contributed by atoms with van der Waals surface area (Å²) in [7, 11) is 0. The Morgan fingerprint density at radius 1 is 1.39 bits per heavy atom. The number of para-hydroxylation sites is 1. The Morgan fingerprint density at radius 3 is 2.86 bits per heavy atom. The van der Waals surface area contributed by atoms with Crippen LogP contribution in [0.4, 0.5) is 10.1 Å². The average molecular weight is 418 g/mol. The fraction of sp³-hybridized carbons (Fsp3) is 0.150. The highest BCUT2D eigenvalue weighted by atomic mass is 35.5. The summed E-state index contributed by atoms with van der Waals surface area (Å²) in [6, 6.07) is 10.8. The average Bonchev–Trinajstić information content (AvgIpc) is 2.66. The van der Waals surface area contributed by atoms with Crippen LogP contribution in [0.1, 0.15) is 6.92 Å². The molecule has 0 bridgehead atoms. The van der Waals surface area contributed by atoms with Gasteiger partial charge in [-0.25, -0.2) is 9.37 Å². The molecule has 28 heavy (non-hydrogen) atoms. The summed E-state index contributed by atoms with van der Waals surface area (Å²) in [4.78, 5) is 29.8. The van der Waals surface area contributed by atoms with Gasteiger partial charge in [0.25, 0.3) is 5.56 Å². The van der Waals surface area contributed by atoms with Crippen molar-refractivity contribution in [2.45, 2.75) is 23.9 Å². The van der Waals surface area contributed by atoms with Gasteiger partial charge in [-0.3, -0.25) is 14.2 Å². The van der Waals surface area contributed by atoms with Gasteiger partial charge >= 0.3 is 0 Å². The van der Waals surface area contributed by atoms with Crippen molar-refractivity contribution in [2.24, 2.45) is 0 Å². The molecular weight excluding hydrogens is 401 g/mol. The number of carbonyl (C=O) groups is 1. The highest BCUT2D eigenvalue weighted by molar-refractivity contribution is 8.00. The molecule has 0 saturated carbocycles. The number of hydrogen-bond donors (Lipinski definition) is 1. The van der Waals surface area contributed by atoms with Crippen LogP contribution in [-0.4, -0.2) is 20.7 Å². The van der Waals surface area contributed by atoms with Crippen molar-refractivity contribution >= 4 is 45.9 Å². The highest BCUT2D eigenvalue weighted by Crippen LogP contribution is 2.25. The second kappa shape index (κ2) is 8.58. The SMILES string of the molecule is C=CCn1c(S[C@@H](C)C(=O)Nc2ccccc2F)nc2cc(Cl)ccc2c1=O. The molecule has 1 heterocycles. The van der Waals surface area contributed by atoms with E-state index in [2.05, 4.69) is 16.9 Å². The number of allylic oxidation sites excluding steroid dienone is 1. The number of anilines is 1. The first-order chi connectivity index (χ1) is 13.4. The summed E-state index contributed by atoms with van der Waals surface area (Å²) < 4.78 is 15.2. The largest absolute Gasteiger partial charge is 0.323 e. The fourth-order valence-electron chi connectivity index (χ4n) is 2.56. The second-order valence-electron chi connectivity index (χ2n) is 5.99. The van der Waals surface area contributed by atoms with Crippen LogP contribution in [0, 0.1) is 5.82 Å². The maximum Gasteiger partial charge on any atom is 0.262 e. The van der Waals surface area contributed by atoms with E-state index in [1.165, 1.54) is 16.7 Å². The van der Waals surface area contributed by atoms with Crippen molar-refractivity contribution < 1.29 is 9.18 Å². The molecule has 5 nitrogen and oxygen atoms in total. The fourth-order valence-corrected chi connectivity index (χ4v) is 3.65. The van der Waals surface area contributed by atoms with Crippen molar-refractivity contribution in [3.05, 3.63) is 76.3 Å². The summed E-state index contributed by atoms with van der Waals surface area (Å²) in [6.07, 6.45) is 1.58. The van der Waals surface area contributed by atoms with E-state index in [-0.39, 0.29) is 17.8 Å². The molecule has 0 aliphatic rings. The molecule has 2 aromatic carbocycles. The summed E-state index contributed by atoms with van der Waals surface area (Å²) in [5.74, 6) is -0.921. The van der Waals surface area contributed by atoms with Gasteiger partial charge in [-0.05, 0) is 37.3 Å². The predicted octanol–water partition coefficient (Wildman–Crippen LogP) is 4.49. The molecule has 1 aromatic heterocycles. The molecule has 8 heteroatoms. The third kappa shape index (κ3) is 4.26. The van der Waals surface area contributed by atoms with Crippen LogP contribution in [0.2, 0.25) is 5.02 Å². The molecule has 1 N–H and O–H groups in total. The second-order valence-corrected chi connectivity index (χ2v) is 7.73. The van der Waals surface area contributed by atoms with E-state index in [1.807, 2.05) is 0 Å². The summed E-state index contributed by atoms with van der Waals surface area (Å²) in [6.45, 7) is 5.58. The molecule has 1 amide bonds. The van der Waals surface area contributed by atoms with Crippen molar-refractivity contribution in [1.82, 2.24) is 9.55 Å². The van der Waals surface area contributed by atoms with Crippen molar-refractivity contribution in [3.63, 3.8) is 0 Å². The Morgan fingerprint density at radius 2 is 2.14 bits per heavy atom. The maximum absolute atomic E-state index is 13.8. The zero-order valence-corrected chi connectivity index (χ0v) is 16.6. The molecule has 3 aromatic rings. The molecule has 1 atom stereocenters. The van der Waals surface area contributed by atoms with Crippen molar-refractivity contribution in [3.8, 4) is 0 Å². The standard InChI is InChI=1S/C20H17ClFN3O2S/c1-3-10-25-19(27)14-9-8-13(21)11-17(14)24-20(25)28-12(2)18(26)23-16-7-5-4-6-15(16)22/h3-9,11-12H,1,10H2,2H3,(H,23,26)/t12-/m0/s1. The number of amides is 1. The van der Waals surface area contributed by atoms with Gasteiger partial charge in [-0.1, -0.05) is 41.6 Å². The Kier molecular flexibility index (Phi) is 6.16. The minimum absolute atomic E-state index is 0.0988. The lowest BCUT2D eigenvalue weighted by Crippen LogP contribution is -2.27. The number of fused-ring (bicyclic) bond motifs is 1. The maximum atomic E-state index is 13.8. The number of thioether (sulfide) groups is 1. The molecule has 0 unspecified atom stereocenters. The summed E-state index contributed by atoms with van der Waals surface area (Å²) in [5, 5.41) is 3.17. The first-order valence-corrected chi connectivity index (χ1v) is 9.69. The van der Waals surface area contributed by atoms with Crippen LogP contribution in [0.3, 0.4) is 0 Å². The van der Waals surface area contributed by atoms with E-state index in [0.717, 1.165) is 11.8 Å². The van der Waals surface area contributed by atoms with E-state index in [9.17, 15) is 14.0 Å². The number of benzene rings is 2. The Labute approximate surface area is 170 Å². The Balaban J connectivity index is 1.92. The lowest BCUT2D eigenvalue weighted by Gasteiger charge is -2.16. The minimum atomic E-state index is -0.626. The third-order valence-electron chi connectivity index (χ3n) is 3.98. The molecule has 0 spiro atoms. The number of halogens is 2. The first kappa shape index (κ1) is 20.1. The number of rotatable bonds is 6. The third-order valence-corrected chi connectivity index (χ3v) is 5.30. The Bertz CT molecular complexity index is 1120. The highest BCUT2D eigenvalue weighted by Gasteiger charge is 2.20. The predicted molar refractivity (Wildman–Crippen MR) is 112 cm³/mol. The van der Waals surface area contributed by atoms with Gasteiger partial charge in [-0.2, -0.15) is 0 Å². The Hall–Kier alpha value is -2.64. The quantitative estimate of drug-likeness (QED) is 0.364. The minimum Gasteiger partial charge on any atom is -0.323 e. The monoisotopic (exact) mass is 417 g/mol. The molecule has 0 radical (unpaired) electrons. The van der Waals surface area contributed by atoms with E-state index in [4.69, 9.17) is 11.6 Å². The van der Waals surface area contributed by atoms with Crippen LogP contribution < -0.4 is 10.9 Å². The van der Waals surface area contributed by atoms with Gasteiger partial charge < -0.3 is 5.32 Å². The first-order valence-electron chi connectivity index (χ1n) is 8.43. The van der Waals surface area contributed by atoms with Gasteiger partial charge in [0.1, 0.15) is 5.82 Å². The van der Waals surface area contributed by atoms with E-state index in [1.54, 1.807) is 43.3 Å². The smallest absolute Gasteiger partial charge is 0.262 e. The number of aromatic nitrogens is 2. The van der Waals surface area contributed by atoms with E-state index < -0.39 is 17.0 Å². The van der Waals surface area contributed by atoms with E-state index >= 15 is 0 Å².